The topological polar surface area (TPSA) is 39.1 Å². The van der Waals surface area contributed by atoms with E-state index >= 15 is 0 Å². The van der Waals surface area contributed by atoms with Crippen LogP contribution >= 0.6 is 0 Å². The number of methoxy groups -OCH3 is 1. The van der Waals surface area contributed by atoms with Crippen LogP contribution in [0.4, 0.5) is 5.95 Å². The molecule has 1 aliphatic rings. The molecule has 0 spiro atoms. The molecule has 1 aromatic rings. The maximum absolute atomic E-state index is 5.03. The molecule has 1 aromatic heterocycles. The normalized spacial score (nSPS) is 17.2. The number of rotatable bonds is 6. The van der Waals surface area contributed by atoms with Crippen LogP contribution in [0.25, 0.3) is 0 Å². The Morgan fingerprint density at radius 1 is 1.41 bits per heavy atom. The van der Waals surface area contributed by atoms with E-state index in [0.717, 1.165) is 31.6 Å². The highest BCUT2D eigenvalue weighted by Gasteiger charge is 2.15. The molecule has 0 bridgehead atoms. The fraction of sp³-hybridized carbons (Fsp3) is 0.769. The number of ether oxygens (including phenoxy) is 1. The summed E-state index contributed by atoms with van der Waals surface area (Å²) in [4.78, 5) is 4.35. The van der Waals surface area contributed by atoms with Gasteiger partial charge < -0.3 is 14.6 Å². The number of aromatic nitrogens is 2. The lowest BCUT2D eigenvalue weighted by atomic mass is 9.89. The van der Waals surface area contributed by atoms with Crippen molar-refractivity contribution in [3.8, 4) is 0 Å². The molecule has 0 aromatic carbocycles. The molecule has 1 N–H and O–H groups in total. The summed E-state index contributed by atoms with van der Waals surface area (Å²) in [5.41, 5.74) is 0. The van der Waals surface area contributed by atoms with Crippen LogP contribution in [-0.2, 0) is 11.3 Å². The Morgan fingerprint density at radius 3 is 3.00 bits per heavy atom. The molecule has 0 unspecified atom stereocenters. The third kappa shape index (κ3) is 3.73. The summed E-state index contributed by atoms with van der Waals surface area (Å²) in [5.74, 6) is 1.81. The van der Waals surface area contributed by atoms with Crippen molar-refractivity contribution < 1.29 is 4.74 Å². The van der Waals surface area contributed by atoms with Crippen molar-refractivity contribution in [3.05, 3.63) is 12.4 Å². The monoisotopic (exact) mass is 237 g/mol. The quantitative estimate of drug-likeness (QED) is 0.773. The Morgan fingerprint density at radius 2 is 2.24 bits per heavy atom. The maximum atomic E-state index is 5.03. The minimum atomic E-state index is 0.719. The average molecular weight is 237 g/mol. The van der Waals surface area contributed by atoms with Crippen LogP contribution in [0.15, 0.2) is 12.4 Å². The molecule has 0 saturated heterocycles. The van der Waals surface area contributed by atoms with Crippen LogP contribution in [-0.4, -0.2) is 29.8 Å². The second kappa shape index (κ2) is 6.64. The number of nitrogens with zero attached hydrogens (tertiary/aromatic N) is 2. The molecule has 1 aliphatic carbocycles. The average Bonchev–Trinajstić information content (AvgIpc) is 2.79. The predicted molar refractivity (Wildman–Crippen MR) is 69.2 cm³/mol. The number of nitrogens with one attached hydrogen (secondary N) is 1. The first kappa shape index (κ1) is 12.4. The lowest BCUT2D eigenvalue weighted by molar-refractivity contribution is 0.210. The largest absolute Gasteiger partial charge is 0.383 e. The highest BCUT2D eigenvalue weighted by Crippen LogP contribution is 2.25. The first-order chi connectivity index (χ1) is 8.40. The van der Waals surface area contributed by atoms with E-state index in [1.165, 1.54) is 32.1 Å². The standard InChI is InChI=1S/C13H23N3O/c1-17-10-8-15-13-14-7-9-16(13)11-12-5-3-2-4-6-12/h7,9,12H,2-6,8,10-11H2,1H3,(H,14,15). The van der Waals surface area contributed by atoms with Gasteiger partial charge in [0.25, 0.3) is 0 Å². The van der Waals surface area contributed by atoms with E-state index < -0.39 is 0 Å². The first-order valence-corrected chi connectivity index (χ1v) is 6.64. The van der Waals surface area contributed by atoms with Crippen LogP contribution < -0.4 is 5.32 Å². The van der Waals surface area contributed by atoms with E-state index in [4.69, 9.17) is 4.74 Å². The van der Waals surface area contributed by atoms with Gasteiger partial charge in [-0.25, -0.2) is 4.98 Å². The first-order valence-electron chi connectivity index (χ1n) is 6.64. The molecule has 1 heterocycles. The summed E-state index contributed by atoms with van der Waals surface area (Å²) < 4.78 is 7.27. The van der Waals surface area contributed by atoms with Crippen molar-refractivity contribution in [1.82, 2.24) is 9.55 Å². The lowest BCUT2D eigenvalue weighted by Gasteiger charge is -2.22. The summed E-state index contributed by atoms with van der Waals surface area (Å²) in [7, 11) is 1.72. The summed E-state index contributed by atoms with van der Waals surface area (Å²) >= 11 is 0. The molecule has 0 aliphatic heterocycles. The van der Waals surface area contributed by atoms with Crippen molar-refractivity contribution in [1.29, 1.82) is 0 Å². The lowest BCUT2D eigenvalue weighted by Crippen LogP contribution is -2.17. The molecule has 17 heavy (non-hydrogen) atoms. The van der Waals surface area contributed by atoms with E-state index in [2.05, 4.69) is 21.1 Å². The predicted octanol–water partition coefficient (Wildman–Crippen LogP) is 2.52. The highest BCUT2D eigenvalue weighted by atomic mass is 16.5. The van der Waals surface area contributed by atoms with Gasteiger partial charge in [-0.3, -0.25) is 0 Å². The molecule has 4 heteroatoms. The van der Waals surface area contributed by atoms with Crippen molar-refractivity contribution >= 4 is 5.95 Å². The zero-order valence-corrected chi connectivity index (χ0v) is 10.7. The van der Waals surface area contributed by atoms with E-state index in [1.807, 2.05) is 6.20 Å². The van der Waals surface area contributed by atoms with E-state index in [-0.39, 0.29) is 0 Å². The van der Waals surface area contributed by atoms with Crippen LogP contribution in [0.1, 0.15) is 32.1 Å². The third-order valence-corrected chi connectivity index (χ3v) is 3.48. The van der Waals surface area contributed by atoms with Gasteiger partial charge in [0.15, 0.2) is 0 Å². The van der Waals surface area contributed by atoms with Crippen LogP contribution in [0.3, 0.4) is 0 Å². The molecule has 1 saturated carbocycles. The number of hydrogen-bond acceptors (Lipinski definition) is 3. The van der Waals surface area contributed by atoms with E-state index in [9.17, 15) is 0 Å². The Labute approximate surface area is 103 Å². The minimum Gasteiger partial charge on any atom is -0.383 e. The Bertz CT molecular complexity index is 318. The van der Waals surface area contributed by atoms with Gasteiger partial charge in [-0.1, -0.05) is 19.3 Å². The summed E-state index contributed by atoms with van der Waals surface area (Å²) in [5, 5.41) is 3.31. The molecular formula is C13H23N3O. The van der Waals surface area contributed by atoms with Crippen LogP contribution in [0.5, 0.6) is 0 Å². The molecular weight excluding hydrogens is 214 g/mol. The van der Waals surface area contributed by atoms with Crippen LogP contribution in [0.2, 0.25) is 0 Å². The maximum Gasteiger partial charge on any atom is 0.202 e. The molecule has 4 nitrogen and oxygen atoms in total. The summed E-state index contributed by atoms with van der Waals surface area (Å²) in [6.45, 7) is 2.64. The fourth-order valence-corrected chi connectivity index (χ4v) is 2.54. The molecule has 0 radical (unpaired) electrons. The highest BCUT2D eigenvalue weighted by molar-refractivity contribution is 5.25. The van der Waals surface area contributed by atoms with E-state index in [0.29, 0.717) is 0 Å². The van der Waals surface area contributed by atoms with Crippen molar-refractivity contribution in [2.24, 2.45) is 5.92 Å². The van der Waals surface area contributed by atoms with Crippen LogP contribution in [0, 0.1) is 5.92 Å². The molecule has 2 rings (SSSR count). The van der Waals surface area contributed by atoms with Gasteiger partial charge in [0.05, 0.1) is 6.61 Å². The van der Waals surface area contributed by atoms with Crippen molar-refractivity contribution in [2.45, 2.75) is 38.6 Å². The number of anilines is 1. The van der Waals surface area contributed by atoms with Gasteiger partial charge in [-0.05, 0) is 18.8 Å². The van der Waals surface area contributed by atoms with Gasteiger partial charge in [0.1, 0.15) is 0 Å². The zero-order chi connectivity index (χ0) is 11.9. The molecule has 96 valence electrons. The molecule has 0 amide bonds. The van der Waals surface area contributed by atoms with Crippen molar-refractivity contribution in [3.63, 3.8) is 0 Å². The Hall–Kier alpha value is -1.03. The minimum absolute atomic E-state index is 0.719. The second-order valence-corrected chi connectivity index (χ2v) is 4.83. The molecule has 0 atom stereocenters. The number of imidazole rings is 1. The SMILES string of the molecule is COCCNc1nccn1CC1CCCCC1. The second-order valence-electron chi connectivity index (χ2n) is 4.83. The van der Waals surface area contributed by atoms with Gasteiger partial charge in [0, 0.05) is 32.6 Å². The van der Waals surface area contributed by atoms with Crippen molar-refractivity contribution in [2.75, 3.05) is 25.6 Å². The van der Waals surface area contributed by atoms with Gasteiger partial charge in [-0.15, -0.1) is 0 Å². The summed E-state index contributed by atoms with van der Waals surface area (Å²) in [6, 6.07) is 0. The summed E-state index contributed by atoms with van der Waals surface area (Å²) in [6.07, 6.45) is 10.9. The van der Waals surface area contributed by atoms with Gasteiger partial charge in [0.2, 0.25) is 5.95 Å². The number of hydrogen-bond donors (Lipinski definition) is 1. The smallest absolute Gasteiger partial charge is 0.202 e. The van der Waals surface area contributed by atoms with Gasteiger partial charge >= 0.3 is 0 Å². The zero-order valence-electron chi connectivity index (χ0n) is 10.7. The van der Waals surface area contributed by atoms with Gasteiger partial charge in [-0.2, -0.15) is 0 Å². The fourth-order valence-electron chi connectivity index (χ4n) is 2.54. The third-order valence-electron chi connectivity index (χ3n) is 3.48. The van der Waals surface area contributed by atoms with E-state index in [1.54, 1.807) is 7.11 Å². The Balaban J connectivity index is 1.84. The Kier molecular flexibility index (Phi) is 4.86. The molecule has 1 fully saturated rings.